The predicted molar refractivity (Wildman–Crippen MR) is 52.4 cm³/mol. The molecule has 1 aromatic carbocycles. The molecule has 0 aliphatic heterocycles. The largest absolute Gasteiger partial charge is 0.397 e. The first-order valence-corrected chi connectivity index (χ1v) is 5.20. The Morgan fingerprint density at radius 1 is 1.43 bits per heavy atom. The highest BCUT2D eigenvalue weighted by molar-refractivity contribution is 7.90. The molecule has 0 aromatic heterocycles. The number of hydrogen-bond donors (Lipinski definition) is 3. The summed E-state index contributed by atoms with van der Waals surface area (Å²) in [5, 5.41) is 0. The van der Waals surface area contributed by atoms with Crippen LogP contribution in [0.4, 0.5) is 15.8 Å². The Hall–Kier alpha value is -1.34. The molecule has 14 heavy (non-hydrogen) atoms. The van der Waals surface area contributed by atoms with E-state index in [4.69, 9.17) is 5.73 Å². The van der Waals surface area contributed by atoms with Gasteiger partial charge in [0.05, 0.1) is 5.69 Å². The molecule has 0 amide bonds. The molecule has 0 saturated heterocycles. The zero-order valence-electron chi connectivity index (χ0n) is 7.41. The number of para-hydroxylation sites is 1. The fourth-order valence-corrected chi connectivity index (χ4v) is 1.42. The summed E-state index contributed by atoms with van der Waals surface area (Å²) in [7, 11) is -2.53. The second-order valence-electron chi connectivity index (χ2n) is 2.51. The van der Waals surface area contributed by atoms with E-state index in [1.807, 2.05) is 9.44 Å². The SMILES string of the molecule is CNS(=O)(=O)Nc1c(N)cccc1F. The van der Waals surface area contributed by atoms with Gasteiger partial charge in [-0.1, -0.05) is 6.07 Å². The predicted octanol–water partition coefficient (Wildman–Crippen LogP) is 0.284. The van der Waals surface area contributed by atoms with Crippen LogP contribution < -0.4 is 15.2 Å². The molecule has 0 atom stereocenters. The van der Waals surface area contributed by atoms with Crippen LogP contribution in [0.15, 0.2) is 18.2 Å². The van der Waals surface area contributed by atoms with E-state index >= 15 is 0 Å². The van der Waals surface area contributed by atoms with Gasteiger partial charge in [-0.2, -0.15) is 8.42 Å². The minimum atomic E-state index is -3.74. The van der Waals surface area contributed by atoms with Crippen molar-refractivity contribution in [2.75, 3.05) is 17.5 Å². The van der Waals surface area contributed by atoms with Gasteiger partial charge in [0.15, 0.2) is 0 Å². The third-order valence-corrected chi connectivity index (χ3v) is 2.56. The minimum absolute atomic E-state index is 0.0313. The minimum Gasteiger partial charge on any atom is -0.397 e. The van der Waals surface area contributed by atoms with E-state index in [-0.39, 0.29) is 11.4 Å². The number of nitrogens with one attached hydrogen (secondary N) is 2. The average molecular weight is 219 g/mol. The maximum absolute atomic E-state index is 13.1. The lowest BCUT2D eigenvalue weighted by atomic mass is 10.3. The summed E-state index contributed by atoms with van der Waals surface area (Å²) in [6, 6.07) is 3.91. The summed E-state index contributed by atoms with van der Waals surface area (Å²) in [6.07, 6.45) is 0. The molecular weight excluding hydrogens is 209 g/mol. The van der Waals surface area contributed by atoms with Gasteiger partial charge < -0.3 is 5.73 Å². The second-order valence-corrected chi connectivity index (χ2v) is 4.13. The highest BCUT2D eigenvalue weighted by atomic mass is 32.2. The van der Waals surface area contributed by atoms with E-state index in [0.29, 0.717) is 0 Å². The molecule has 4 N–H and O–H groups in total. The molecule has 0 saturated carbocycles. The van der Waals surface area contributed by atoms with Crippen molar-refractivity contribution < 1.29 is 12.8 Å². The zero-order valence-corrected chi connectivity index (χ0v) is 8.23. The first-order valence-electron chi connectivity index (χ1n) is 3.71. The van der Waals surface area contributed by atoms with Crippen molar-refractivity contribution in [2.45, 2.75) is 0 Å². The van der Waals surface area contributed by atoms with Crippen LogP contribution in [0.25, 0.3) is 0 Å². The molecule has 0 fully saturated rings. The Bertz CT molecular complexity index is 412. The van der Waals surface area contributed by atoms with Gasteiger partial charge in [0.25, 0.3) is 10.2 Å². The van der Waals surface area contributed by atoms with Crippen molar-refractivity contribution in [2.24, 2.45) is 0 Å². The Kier molecular flexibility index (Phi) is 2.92. The molecule has 0 heterocycles. The third-order valence-electron chi connectivity index (χ3n) is 1.55. The molecule has 1 rings (SSSR count). The van der Waals surface area contributed by atoms with Crippen molar-refractivity contribution in [3.63, 3.8) is 0 Å². The van der Waals surface area contributed by atoms with Gasteiger partial charge in [0, 0.05) is 7.05 Å². The fraction of sp³-hybridized carbons (Fsp3) is 0.143. The standard InChI is InChI=1S/C7H10FN3O2S/c1-10-14(12,13)11-7-5(8)3-2-4-6(7)9/h2-4,10-11H,9H2,1H3. The van der Waals surface area contributed by atoms with Crippen LogP contribution in [0.2, 0.25) is 0 Å². The number of benzene rings is 1. The molecule has 0 aliphatic carbocycles. The number of hydrogen-bond acceptors (Lipinski definition) is 3. The molecule has 0 radical (unpaired) electrons. The van der Waals surface area contributed by atoms with Crippen molar-refractivity contribution >= 4 is 21.6 Å². The van der Waals surface area contributed by atoms with Gasteiger partial charge in [-0.15, -0.1) is 0 Å². The van der Waals surface area contributed by atoms with E-state index in [9.17, 15) is 12.8 Å². The molecule has 5 nitrogen and oxygen atoms in total. The first-order chi connectivity index (χ1) is 6.46. The van der Waals surface area contributed by atoms with Crippen LogP contribution >= 0.6 is 0 Å². The first kappa shape index (κ1) is 10.7. The lowest BCUT2D eigenvalue weighted by Gasteiger charge is -2.09. The molecule has 0 aliphatic rings. The maximum Gasteiger partial charge on any atom is 0.299 e. The van der Waals surface area contributed by atoms with Crippen LogP contribution in [0.1, 0.15) is 0 Å². The summed E-state index contributed by atoms with van der Waals surface area (Å²) in [4.78, 5) is 0. The lowest BCUT2D eigenvalue weighted by Crippen LogP contribution is -2.27. The normalized spacial score (nSPS) is 11.3. The fourth-order valence-electron chi connectivity index (χ4n) is 0.834. The van der Waals surface area contributed by atoms with Gasteiger partial charge in [-0.05, 0) is 12.1 Å². The summed E-state index contributed by atoms with van der Waals surface area (Å²) < 4.78 is 39.1. The topological polar surface area (TPSA) is 84.2 Å². The number of rotatable bonds is 3. The van der Waals surface area contributed by atoms with Crippen LogP contribution in [0.5, 0.6) is 0 Å². The summed E-state index contributed by atoms with van der Waals surface area (Å²) in [5.41, 5.74) is 5.17. The second kappa shape index (κ2) is 3.81. The van der Waals surface area contributed by atoms with Crippen molar-refractivity contribution in [3.8, 4) is 0 Å². The smallest absolute Gasteiger partial charge is 0.299 e. The number of nitrogens with two attached hydrogens (primary N) is 1. The Morgan fingerprint density at radius 2 is 2.07 bits per heavy atom. The third kappa shape index (κ3) is 2.33. The quantitative estimate of drug-likeness (QED) is 0.638. The summed E-state index contributed by atoms with van der Waals surface area (Å²) in [6.45, 7) is 0. The number of nitrogen functional groups attached to an aromatic ring is 1. The highest BCUT2D eigenvalue weighted by Crippen LogP contribution is 2.22. The van der Waals surface area contributed by atoms with Crippen LogP contribution in [0.3, 0.4) is 0 Å². The Balaban J connectivity index is 3.09. The van der Waals surface area contributed by atoms with E-state index in [0.717, 1.165) is 6.07 Å². The van der Waals surface area contributed by atoms with Crippen molar-refractivity contribution in [3.05, 3.63) is 24.0 Å². The summed E-state index contributed by atoms with van der Waals surface area (Å²) >= 11 is 0. The van der Waals surface area contributed by atoms with Gasteiger partial charge >= 0.3 is 0 Å². The monoisotopic (exact) mass is 219 g/mol. The zero-order chi connectivity index (χ0) is 10.8. The Morgan fingerprint density at radius 3 is 2.57 bits per heavy atom. The van der Waals surface area contributed by atoms with Crippen LogP contribution in [-0.4, -0.2) is 15.5 Å². The molecule has 0 unspecified atom stereocenters. The molecule has 0 spiro atoms. The van der Waals surface area contributed by atoms with E-state index < -0.39 is 16.0 Å². The number of anilines is 2. The van der Waals surface area contributed by atoms with Gasteiger partial charge in [0.1, 0.15) is 11.5 Å². The van der Waals surface area contributed by atoms with E-state index in [1.165, 1.54) is 19.2 Å². The average Bonchev–Trinajstić information content (AvgIpc) is 2.12. The molecule has 7 heteroatoms. The van der Waals surface area contributed by atoms with Crippen LogP contribution in [-0.2, 0) is 10.2 Å². The molecule has 1 aromatic rings. The van der Waals surface area contributed by atoms with Gasteiger partial charge in [-0.25, -0.2) is 9.11 Å². The van der Waals surface area contributed by atoms with Crippen molar-refractivity contribution in [1.82, 2.24) is 4.72 Å². The van der Waals surface area contributed by atoms with Gasteiger partial charge in [-0.3, -0.25) is 4.72 Å². The highest BCUT2D eigenvalue weighted by Gasteiger charge is 2.12. The van der Waals surface area contributed by atoms with Crippen LogP contribution in [0, 0.1) is 5.82 Å². The van der Waals surface area contributed by atoms with E-state index in [1.54, 1.807) is 0 Å². The van der Waals surface area contributed by atoms with Crippen molar-refractivity contribution in [1.29, 1.82) is 0 Å². The van der Waals surface area contributed by atoms with Gasteiger partial charge in [0.2, 0.25) is 0 Å². The van der Waals surface area contributed by atoms with E-state index in [2.05, 4.69) is 0 Å². The maximum atomic E-state index is 13.1. The number of halogens is 1. The molecule has 0 bridgehead atoms. The Labute approximate surface area is 81.3 Å². The summed E-state index contributed by atoms with van der Waals surface area (Å²) in [5.74, 6) is -0.719. The molecule has 78 valence electrons. The lowest BCUT2D eigenvalue weighted by molar-refractivity contribution is 0.591. The molecular formula is C7H10FN3O2S.